The molecule has 0 heterocycles. The molecule has 1 atom stereocenters. The maximum Gasteiger partial charge on any atom is 0.258 e. The quantitative estimate of drug-likeness (QED) is 0.823. The third-order valence-corrected chi connectivity index (χ3v) is 2.72. The van der Waals surface area contributed by atoms with E-state index in [0.717, 1.165) is 5.75 Å². The fourth-order valence-corrected chi connectivity index (χ4v) is 1.72. The van der Waals surface area contributed by atoms with Crippen LogP contribution in [0.25, 0.3) is 0 Å². The zero-order chi connectivity index (χ0) is 14.3. The van der Waals surface area contributed by atoms with Gasteiger partial charge < -0.3 is 14.8 Å². The minimum absolute atomic E-state index is 0.0110. The highest BCUT2D eigenvalue weighted by Crippen LogP contribution is 2.19. The van der Waals surface area contributed by atoms with Crippen molar-refractivity contribution in [2.75, 3.05) is 20.3 Å². The lowest BCUT2D eigenvalue weighted by molar-refractivity contribution is -0.124. The molecule has 1 aromatic rings. The highest BCUT2D eigenvalue weighted by molar-refractivity contribution is 5.77. The van der Waals surface area contributed by atoms with E-state index in [2.05, 4.69) is 25.2 Å². The Balaban J connectivity index is 2.43. The van der Waals surface area contributed by atoms with Gasteiger partial charge in [0.2, 0.25) is 0 Å². The lowest BCUT2D eigenvalue weighted by Gasteiger charge is -2.14. The van der Waals surface area contributed by atoms with Gasteiger partial charge in [0.1, 0.15) is 5.75 Å². The van der Waals surface area contributed by atoms with Gasteiger partial charge in [-0.15, -0.1) is 0 Å². The summed E-state index contributed by atoms with van der Waals surface area (Å²) in [4.78, 5) is 11.6. The van der Waals surface area contributed by atoms with E-state index in [0.29, 0.717) is 12.5 Å². The number of carbonyl (C=O) groups excluding carboxylic acids is 1. The lowest BCUT2D eigenvalue weighted by atomic mass is 10.0. The predicted octanol–water partition coefficient (Wildman–Crippen LogP) is 2.34. The van der Waals surface area contributed by atoms with E-state index < -0.39 is 0 Å². The van der Waals surface area contributed by atoms with Crippen LogP contribution in [0.15, 0.2) is 24.3 Å². The van der Waals surface area contributed by atoms with Crippen LogP contribution in [0.2, 0.25) is 0 Å². The Bertz CT molecular complexity index is 404. The molecule has 1 amide bonds. The van der Waals surface area contributed by atoms with Crippen molar-refractivity contribution >= 4 is 5.91 Å². The average Bonchev–Trinajstić information content (AvgIpc) is 2.37. The fraction of sp³-hybridized carbons (Fsp3) is 0.533. The fourth-order valence-electron chi connectivity index (χ4n) is 1.72. The van der Waals surface area contributed by atoms with Crippen LogP contribution in [-0.4, -0.2) is 32.3 Å². The first-order valence-electron chi connectivity index (χ1n) is 6.54. The van der Waals surface area contributed by atoms with E-state index in [-0.39, 0.29) is 18.6 Å². The van der Waals surface area contributed by atoms with Crippen molar-refractivity contribution in [2.45, 2.75) is 32.7 Å². The summed E-state index contributed by atoms with van der Waals surface area (Å²) in [7, 11) is 1.61. The van der Waals surface area contributed by atoms with Gasteiger partial charge in [-0.3, -0.25) is 4.79 Å². The van der Waals surface area contributed by atoms with Crippen LogP contribution < -0.4 is 10.1 Å². The van der Waals surface area contributed by atoms with Crippen LogP contribution in [0.4, 0.5) is 0 Å². The van der Waals surface area contributed by atoms with E-state index in [4.69, 9.17) is 9.47 Å². The summed E-state index contributed by atoms with van der Waals surface area (Å²) < 4.78 is 10.4. The number of benzene rings is 1. The van der Waals surface area contributed by atoms with Crippen molar-refractivity contribution in [3.63, 3.8) is 0 Å². The maximum absolute atomic E-state index is 11.6. The summed E-state index contributed by atoms with van der Waals surface area (Å²) in [6.07, 6.45) is 0. The number of ether oxygens (including phenoxy) is 2. The van der Waals surface area contributed by atoms with Gasteiger partial charge in [0, 0.05) is 13.2 Å². The molecule has 0 bridgehead atoms. The second-order valence-electron chi connectivity index (χ2n) is 4.94. The average molecular weight is 265 g/mol. The third kappa shape index (κ3) is 5.75. The highest BCUT2D eigenvalue weighted by Gasteiger charge is 2.08. The molecule has 4 heteroatoms. The molecule has 0 aliphatic rings. The van der Waals surface area contributed by atoms with Crippen molar-refractivity contribution < 1.29 is 14.3 Å². The van der Waals surface area contributed by atoms with E-state index in [9.17, 15) is 4.79 Å². The summed E-state index contributed by atoms with van der Waals surface area (Å²) in [5.41, 5.74) is 1.20. The van der Waals surface area contributed by atoms with Crippen LogP contribution >= 0.6 is 0 Å². The highest BCUT2D eigenvalue weighted by atomic mass is 16.5. The number of rotatable bonds is 7. The zero-order valence-corrected chi connectivity index (χ0v) is 12.1. The van der Waals surface area contributed by atoms with E-state index in [1.165, 1.54) is 5.56 Å². The van der Waals surface area contributed by atoms with Crippen molar-refractivity contribution in [3.8, 4) is 5.75 Å². The number of hydrogen-bond acceptors (Lipinski definition) is 3. The largest absolute Gasteiger partial charge is 0.484 e. The smallest absolute Gasteiger partial charge is 0.258 e. The van der Waals surface area contributed by atoms with E-state index >= 15 is 0 Å². The molecule has 0 aromatic heterocycles. The normalized spacial score (nSPS) is 12.3. The van der Waals surface area contributed by atoms with Gasteiger partial charge in [0.25, 0.3) is 5.91 Å². The lowest BCUT2D eigenvalue weighted by Crippen LogP contribution is -2.38. The van der Waals surface area contributed by atoms with Crippen LogP contribution in [0.3, 0.4) is 0 Å². The van der Waals surface area contributed by atoms with Crippen LogP contribution in [0.1, 0.15) is 32.3 Å². The predicted molar refractivity (Wildman–Crippen MR) is 75.5 cm³/mol. The van der Waals surface area contributed by atoms with Gasteiger partial charge in [-0.1, -0.05) is 26.0 Å². The first kappa shape index (κ1) is 15.5. The minimum Gasteiger partial charge on any atom is -0.484 e. The number of hydrogen-bond donors (Lipinski definition) is 1. The SMILES string of the molecule is COC[C@@H](C)NC(=O)COc1cccc(C(C)C)c1. The number of amides is 1. The Labute approximate surface area is 115 Å². The molecule has 0 saturated carbocycles. The number of nitrogens with one attached hydrogen (secondary N) is 1. The number of carbonyl (C=O) groups is 1. The summed E-state index contributed by atoms with van der Waals surface area (Å²) in [6.45, 7) is 6.65. The van der Waals surface area contributed by atoms with E-state index in [1.807, 2.05) is 25.1 Å². The van der Waals surface area contributed by atoms with Gasteiger partial charge in [-0.2, -0.15) is 0 Å². The van der Waals surface area contributed by atoms with Crippen molar-refractivity contribution in [2.24, 2.45) is 0 Å². The molecule has 1 rings (SSSR count). The third-order valence-electron chi connectivity index (χ3n) is 2.72. The summed E-state index contributed by atoms with van der Waals surface area (Å²) in [5, 5.41) is 2.80. The summed E-state index contributed by atoms with van der Waals surface area (Å²) >= 11 is 0. The molecule has 1 aromatic carbocycles. The molecule has 0 radical (unpaired) electrons. The Kier molecular flexibility index (Phi) is 6.36. The molecule has 4 nitrogen and oxygen atoms in total. The molecule has 0 saturated heterocycles. The first-order valence-corrected chi connectivity index (χ1v) is 6.54. The first-order chi connectivity index (χ1) is 9.02. The van der Waals surface area contributed by atoms with Gasteiger partial charge in [0.05, 0.1) is 6.61 Å². The molecule has 0 fully saturated rings. The second kappa shape index (κ2) is 7.79. The molecular formula is C15H23NO3. The van der Waals surface area contributed by atoms with Crippen LogP contribution in [-0.2, 0) is 9.53 Å². The molecule has 19 heavy (non-hydrogen) atoms. The second-order valence-corrected chi connectivity index (χ2v) is 4.94. The molecule has 0 spiro atoms. The van der Waals surface area contributed by atoms with E-state index in [1.54, 1.807) is 7.11 Å². The standard InChI is InChI=1S/C15H23NO3/c1-11(2)13-6-5-7-14(8-13)19-10-15(17)16-12(3)9-18-4/h5-8,11-12H,9-10H2,1-4H3,(H,16,17)/t12-/m1/s1. The van der Waals surface area contributed by atoms with Gasteiger partial charge in [0.15, 0.2) is 6.61 Å². The topological polar surface area (TPSA) is 47.6 Å². The Morgan fingerprint density at radius 3 is 2.68 bits per heavy atom. The molecule has 1 N–H and O–H groups in total. The number of methoxy groups -OCH3 is 1. The maximum atomic E-state index is 11.6. The van der Waals surface area contributed by atoms with Gasteiger partial charge in [-0.25, -0.2) is 0 Å². The summed E-state index contributed by atoms with van der Waals surface area (Å²) in [5.74, 6) is 1.03. The van der Waals surface area contributed by atoms with Crippen molar-refractivity contribution in [1.29, 1.82) is 0 Å². The molecular weight excluding hydrogens is 242 g/mol. The molecule has 0 aliphatic heterocycles. The van der Waals surface area contributed by atoms with Gasteiger partial charge >= 0.3 is 0 Å². The Morgan fingerprint density at radius 2 is 2.05 bits per heavy atom. The zero-order valence-electron chi connectivity index (χ0n) is 12.1. The van der Waals surface area contributed by atoms with Crippen LogP contribution in [0, 0.1) is 0 Å². The minimum atomic E-state index is -0.139. The molecule has 0 aliphatic carbocycles. The Hall–Kier alpha value is -1.55. The van der Waals surface area contributed by atoms with Gasteiger partial charge in [-0.05, 0) is 30.5 Å². The summed E-state index contributed by atoms with van der Waals surface area (Å²) in [6, 6.07) is 7.81. The molecule has 106 valence electrons. The van der Waals surface area contributed by atoms with Crippen LogP contribution in [0.5, 0.6) is 5.75 Å². The monoisotopic (exact) mass is 265 g/mol. The Morgan fingerprint density at radius 1 is 1.32 bits per heavy atom. The molecule has 0 unspecified atom stereocenters. The van der Waals surface area contributed by atoms with Crippen molar-refractivity contribution in [3.05, 3.63) is 29.8 Å². The van der Waals surface area contributed by atoms with Crippen molar-refractivity contribution in [1.82, 2.24) is 5.32 Å².